The van der Waals surface area contributed by atoms with Crippen LogP contribution in [0, 0.1) is 0 Å². The highest BCUT2D eigenvalue weighted by molar-refractivity contribution is 7.89. The van der Waals surface area contributed by atoms with Crippen LogP contribution in [0.3, 0.4) is 0 Å². The van der Waals surface area contributed by atoms with E-state index < -0.39 is 10.0 Å². The molecule has 6 nitrogen and oxygen atoms in total. The lowest BCUT2D eigenvalue weighted by atomic mass is 10.0. The molecule has 0 fully saturated rings. The molecule has 156 valence electrons. The van der Waals surface area contributed by atoms with E-state index >= 15 is 0 Å². The number of nitrogens with one attached hydrogen (secondary N) is 2. The van der Waals surface area contributed by atoms with Crippen LogP contribution in [0.15, 0.2) is 83.8 Å². The van der Waals surface area contributed by atoms with Gasteiger partial charge in [0.05, 0.1) is 11.5 Å². The Morgan fingerprint density at radius 2 is 1.47 bits per heavy atom. The number of carbonyl (C=O) groups excluding carboxylic acids is 1. The number of carbonyl (C=O) groups is 1. The van der Waals surface area contributed by atoms with E-state index in [9.17, 15) is 13.2 Å². The minimum absolute atomic E-state index is 0.0867. The molecule has 0 aromatic heterocycles. The van der Waals surface area contributed by atoms with E-state index in [1.165, 1.54) is 12.1 Å². The molecule has 0 saturated carbocycles. The van der Waals surface area contributed by atoms with Gasteiger partial charge in [-0.05, 0) is 54.4 Å². The van der Waals surface area contributed by atoms with Crippen molar-refractivity contribution in [3.05, 3.63) is 84.4 Å². The minimum atomic E-state index is -3.65. The summed E-state index contributed by atoms with van der Waals surface area (Å²) in [5, 5.41) is 2.72. The van der Waals surface area contributed by atoms with Gasteiger partial charge in [-0.1, -0.05) is 42.5 Å². The summed E-state index contributed by atoms with van der Waals surface area (Å²) in [6.07, 6.45) is 0. The van der Waals surface area contributed by atoms with E-state index in [1.807, 2.05) is 49.4 Å². The smallest absolute Gasteiger partial charge is 0.251 e. The highest BCUT2D eigenvalue weighted by Crippen LogP contribution is 2.19. The summed E-state index contributed by atoms with van der Waals surface area (Å²) in [4.78, 5) is 12.4. The summed E-state index contributed by atoms with van der Waals surface area (Å²) in [7, 11) is -3.65. The Hall–Kier alpha value is -3.16. The van der Waals surface area contributed by atoms with E-state index in [1.54, 1.807) is 24.3 Å². The van der Waals surface area contributed by atoms with E-state index in [0.717, 1.165) is 11.1 Å². The predicted molar refractivity (Wildman–Crippen MR) is 117 cm³/mol. The van der Waals surface area contributed by atoms with Crippen LogP contribution in [-0.4, -0.2) is 34.0 Å². The molecule has 0 saturated heterocycles. The zero-order valence-corrected chi connectivity index (χ0v) is 17.5. The van der Waals surface area contributed by atoms with Gasteiger partial charge in [0.25, 0.3) is 5.91 Å². The highest BCUT2D eigenvalue weighted by atomic mass is 32.2. The SMILES string of the molecule is CCOc1ccc(S(=O)(=O)NCCNC(=O)c2ccc(-c3ccccc3)cc2)cc1. The second-order valence-electron chi connectivity index (χ2n) is 6.50. The average Bonchev–Trinajstić information content (AvgIpc) is 2.78. The van der Waals surface area contributed by atoms with Crippen molar-refractivity contribution in [2.24, 2.45) is 0 Å². The van der Waals surface area contributed by atoms with E-state index in [4.69, 9.17) is 4.74 Å². The van der Waals surface area contributed by atoms with Crippen molar-refractivity contribution in [2.75, 3.05) is 19.7 Å². The Bertz CT molecular complexity index is 1060. The molecule has 7 heteroatoms. The minimum Gasteiger partial charge on any atom is -0.494 e. The summed E-state index contributed by atoms with van der Waals surface area (Å²) < 4.78 is 32.4. The molecule has 2 N–H and O–H groups in total. The number of ether oxygens (including phenoxy) is 1. The lowest BCUT2D eigenvalue weighted by molar-refractivity contribution is 0.0954. The third kappa shape index (κ3) is 5.68. The second-order valence-corrected chi connectivity index (χ2v) is 8.27. The first-order valence-corrected chi connectivity index (χ1v) is 11.1. The van der Waals surface area contributed by atoms with Crippen LogP contribution in [0.5, 0.6) is 5.75 Å². The van der Waals surface area contributed by atoms with Gasteiger partial charge in [0.1, 0.15) is 5.75 Å². The van der Waals surface area contributed by atoms with Gasteiger partial charge < -0.3 is 10.1 Å². The second kappa shape index (κ2) is 10.0. The lowest BCUT2D eigenvalue weighted by Gasteiger charge is -2.09. The monoisotopic (exact) mass is 424 g/mol. The summed E-state index contributed by atoms with van der Waals surface area (Å²) in [6.45, 7) is 2.64. The predicted octanol–water partition coefficient (Wildman–Crippen LogP) is 3.46. The van der Waals surface area contributed by atoms with Crippen LogP contribution < -0.4 is 14.8 Å². The van der Waals surface area contributed by atoms with Crippen LogP contribution in [0.2, 0.25) is 0 Å². The summed E-state index contributed by atoms with van der Waals surface area (Å²) in [6, 6.07) is 23.4. The van der Waals surface area contributed by atoms with Crippen LogP contribution in [-0.2, 0) is 10.0 Å². The standard InChI is InChI=1S/C23H24N2O4S/c1-2-29-21-12-14-22(15-13-21)30(27,28)25-17-16-24-23(26)20-10-8-19(9-11-20)18-6-4-3-5-7-18/h3-15,25H,2,16-17H2,1H3,(H,24,26). The fourth-order valence-electron chi connectivity index (χ4n) is 2.87. The normalized spacial score (nSPS) is 11.1. The molecule has 0 aliphatic carbocycles. The molecule has 0 aliphatic rings. The van der Waals surface area contributed by atoms with Gasteiger partial charge in [-0.3, -0.25) is 4.79 Å². The Kier molecular flexibility index (Phi) is 7.21. The molecule has 0 atom stereocenters. The van der Waals surface area contributed by atoms with Gasteiger partial charge in [0.2, 0.25) is 10.0 Å². The topological polar surface area (TPSA) is 84.5 Å². The molecular weight excluding hydrogens is 400 g/mol. The number of rotatable bonds is 9. The van der Waals surface area contributed by atoms with Crippen LogP contribution in [0.4, 0.5) is 0 Å². The van der Waals surface area contributed by atoms with Crippen molar-refractivity contribution in [2.45, 2.75) is 11.8 Å². The van der Waals surface area contributed by atoms with Crippen molar-refractivity contribution in [3.8, 4) is 16.9 Å². The van der Waals surface area contributed by atoms with Gasteiger partial charge in [0, 0.05) is 18.7 Å². The van der Waals surface area contributed by atoms with Crippen LogP contribution in [0.25, 0.3) is 11.1 Å². The fourth-order valence-corrected chi connectivity index (χ4v) is 3.91. The van der Waals surface area contributed by atoms with Gasteiger partial charge in [-0.2, -0.15) is 0 Å². The van der Waals surface area contributed by atoms with Gasteiger partial charge >= 0.3 is 0 Å². The van der Waals surface area contributed by atoms with E-state index in [-0.39, 0.29) is 23.9 Å². The fraction of sp³-hybridized carbons (Fsp3) is 0.174. The molecule has 3 rings (SSSR count). The zero-order valence-electron chi connectivity index (χ0n) is 16.7. The quantitative estimate of drug-likeness (QED) is 0.515. The van der Waals surface area contributed by atoms with Gasteiger partial charge in [0.15, 0.2) is 0 Å². The first-order valence-electron chi connectivity index (χ1n) is 9.66. The average molecular weight is 425 g/mol. The molecule has 0 radical (unpaired) electrons. The molecule has 0 unspecified atom stereocenters. The van der Waals surface area contributed by atoms with Crippen molar-refractivity contribution >= 4 is 15.9 Å². The maximum Gasteiger partial charge on any atom is 0.251 e. The molecule has 1 amide bonds. The molecule has 0 heterocycles. The maximum absolute atomic E-state index is 12.3. The largest absolute Gasteiger partial charge is 0.494 e. The Morgan fingerprint density at radius 3 is 2.10 bits per heavy atom. The maximum atomic E-state index is 12.3. The molecule has 3 aromatic rings. The van der Waals surface area contributed by atoms with Crippen molar-refractivity contribution in [3.63, 3.8) is 0 Å². The number of benzene rings is 3. The van der Waals surface area contributed by atoms with Gasteiger partial charge in [-0.15, -0.1) is 0 Å². The molecular formula is C23H24N2O4S. The van der Waals surface area contributed by atoms with Crippen LogP contribution in [0.1, 0.15) is 17.3 Å². The number of amides is 1. The van der Waals surface area contributed by atoms with E-state index in [0.29, 0.717) is 17.9 Å². The Labute approximate surface area is 177 Å². The number of hydrogen-bond acceptors (Lipinski definition) is 4. The first-order chi connectivity index (χ1) is 14.5. The molecule has 3 aromatic carbocycles. The summed E-state index contributed by atoms with van der Waals surface area (Å²) in [5.41, 5.74) is 2.62. The van der Waals surface area contributed by atoms with Crippen molar-refractivity contribution in [1.29, 1.82) is 0 Å². The number of hydrogen-bond donors (Lipinski definition) is 2. The third-order valence-electron chi connectivity index (χ3n) is 4.40. The molecule has 0 bridgehead atoms. The highest BCUT2D eigenvalue weighted by Gasteiger charge is 2.13. The van der Waals surface area contributed by atoms with E-state index in [2.05, 4.69) is 10.0 Å². The molecule has 0 spiro atoms. The van der Waals surface area contributed by atoms with Crippen molar-refractivity contribution < 1.29 is 17.9 Å². The lowest BCUT2D eigenvalue weighted by Crippen LogP contribution is -2.34. The summed E-state index contributed by atoms with van der Waals surface area (Å²) >= 11 is 0. The van der Waals surface area contributed by atoms with Gasteiger partial charge in [-0.25, -0.2) is 13.1 Å². The molecule has 30 heavy (non-hydrogen) atoms. The Morgan fingerprint density at radius 1 is 0.833 bits per heavy atom. The first kappa shape index (κ1) is 21.5. The number of sulfonamides is 1. The van der Waals surface area contributed by atoms with Crippen molar-refractivity contribution in [1.82, 2.24) is 10.0 Å². The Balaban J connectivity index is 1.49. The summed E-state index contributed by atoms with van der Waals surface area (Å²) in [5.74, 6) is 0.358. The third-order valence-corrected chi connectivity index (χ3v) is 5.88. The molecule has 0 aliphatic heterocycles. The van der Waals surface area contributed by atoms with Crippen LogP contribution >= 0.6 is 0 Å². The zero-order chi connectivity index (χ0) is 21.4.